The molecule has 2 aliphatic rings. The minimum Gasteiger partial charge on any atom is -0.504 e. The third kappa shape index (κ3) is 7.71. The second-order valence-corrected chi connectivity index (χ2v) is 12.9. The number of carbonyl (C=O) groups excluding carboxylic acids is 2. The van der Waals surface area contributed by atoms with Gasteiger partial charge in [0.1, 0.15) is 5.58 Å². The maximum atomic E-state index is 13.5. The van der Waals surface area contributed by atoms with Crippen molar-refractivity contribution in [3.8, 4) is 11.5 Å². The number of ether oxygens (including phenoxy) is 1. The summed E-state index contributed by atoms with van der Waals surface area (Å²) in [7, 11) is 1.40. The molecule has 4 aromatic rings. The van der Waals surface area contributed by atoms with Crippen molar-refractivity contribution < 1.29 is 23.8 Å². The number of hydrogen-bond acceptors (Lipinski definition) is 6. The van der Waals surface area contributed by atoms with E-state index in [2.05, 4.69) is 35.7 Å². The molecule has 0 bridgehead atoms. The van der Waals surface area contributed by atoms with Crippen LogP contribution in [0.1, 0.15) is 78.1 Å². The molecule has 0 unspecified atom stereocenters. The molecule has 2 N–H and O–H groups in total. The Kier molecular flexibility index (Phi) is 9.97. The quantitative estimate of drug-likeness (QED) is 0.183. The number of carbonyl (C=O) groups is 2. The van der Waals surface area contributed by atoms with Crippen LogP contribution < -0.4 is 15.5 Å². The monoisotopic (exact) mass is 654 g/mol. The van der Waals surface area contributed by atoms with E-state index in [1.807, 2.05) is 29.2 Å². The first kappa shape index (κ1) is 32.4. The summed E-state index contributed by atoms with van der Waals surface area (Å²) >= 11 is 6.13. The zero-order chi connectivity index (χ0) is 32.9. The smallest absolute Gasteiger partial charge is 0.287 e. The number of amides is 2. The zero-order valence-electron chi connectivity index (χ0n) is 26.5. The van der Waals surface area contributed by atoms with Crippen molar-refractivity contribution in [2.75, 3.05) is 13.7 Å². The predicted molar refractivity (Wildman–Crippen MR) is 182 cm³/mol. The van der Waals surface area contributed by atoms with Crippen LogP contribution in [0.2, 0.25) is 5.02 Å². The molecule has 0 spiro atoms. The standard InChI is InChI=1S/C38H39ClN2O6/c1-46-35-22-34-31(20-33(35)43)32(42)21-36(47-34)38(45)40-29(19-25-11-15-28(39)16-12-25)18-24-9-13-26(14-10-24)30-7-3-2-6-27(30)23-41-17-5-4-8-37(41)44/h2-3,6-7,11-12,15-16,18,20-22,26,29,43H,4-5,8-10,13-14,17,19,23H2,1H3,(H,40,45)/t26?,29-/m0/s1. The lowest BCUT2D eigenvalue weighted by Gasteiger charge is -2.31. The molecular weight excluding hydrogens is 616 g/mol. The van der Waals surface area contributed by atoms with Crippen LogP contribution >= 0.6 is 11.6 Å². The second-order valence-electron chi connectivity index (χ2n) is 12.5. The lowest BCUT2D eigenvalue weighted by Crippen LogP contribution is -2.36. The lowest BCUT2D eigenvalue weighted by molar-refractivity contribution is -0.133. The van der Waals surface area contributed by atoms with Gasteiger partial charge < -0.3 is 24.5 Å². The predicted octanol–water partition coefficient (Wildman–Crippen LogP) is 7.30. The van der Waals surface area contributed by atoms with Gasteiger partial charge in [0.2, 0.25) is 5.91 Å². The van der Waals surface area contributed by atoms with E-state index in [1.165, 1.54) is 35.9 Å². The number of hydrogen-bond donors (Lipinski definition) is 2. The number of nitrogens with zero attached hydrogens (tertiary/aromatic N) is 1. The third-order valence-corrected chi connectivity index (χ3v) is 9.53. The Labute approximate surface area is 279 Å². The van der Waals surface area contributed by atoms with Gasteiger partial charge in [0.05, 0.1) is 18.5 Å². The third-order valence-electron chi connectivity index (χ3n) is 9.28. The fourth-order valence-electron chi connectivity index (χ4n) is 6.77. The number of methoxy groups -OCH3 is 1. The molecule has 2 heterocycles. The number of allylic oxidation sites excluding steroid dienone is 1. The van der Waals surface area contributed by atoms with Gasteiger partial charge in [-0.2, -0.15) is 0 Å². The molecule has 3 aromatic carbocycles. The maximum absolute atomic E-state index is 13.5. The van der Waals surface area contributed by atoms with E-state index in [-0.39, 0.29) is 40.2 Å². The van der Waals surface area contributed by atoms with E-state index < -0.39 is 11.3 Å². The molecule has 1 saturated carbocycles. The molecule has 9 heteroatoms. The molecule has 1 atom stereocenters. The minimum absolute atomic E-state index is 0.123. The van der Waals surface area contributed by atoms with Crippen molar-refractivity contribution >= 4 is 34.4 Å². The summed E-state index contributed by atoms with van der Waals surface area (Å²) in [5.74, 6) is -0.0354. The Morgan fingerprint density at radius 1 is 1.06 bits per heavy atom. The van der Waals surface area contributed by atoms with Crippen molar-refractivity contribution in [3.05, 3.63) is 116 Å². The first-order valence-corrected chi connectivity index (χ1v) is 16.6. The average Bonchev–Trinajstić information content (AvgIpc) is 3.07. The van der Waals surface area contributed by atoms with Crippen LogP contribution in [0.3, 0.4) is 0 Å². The van der Waals surface area contributed by atoms with E-state index >= 15 is 0 Å². The number of phenolic OH excluding ortho intramolecular Hbond substituents is 1. The number of likely N-dealkylation sites (tertiary alicyclic amines) is 1. The molecule has 1 aliphatic carbocycles. The number of aromatic hydroxyl groups is 1. The fraction of sp³-hybridized carbons (Fsp3) is 0.342. The number of piperidine rings is 1. The highest BCUT2D eigenvalue weighted by atomic mass is 35.5. The van der Waals surface area contributed by atoms with E-state index in [1.54, 1.807) is 0 Å². The first-order valence-electron chi connectivity index (χ1n) is 16.2. The molecule has 0 radical (unpaired) electrons. The Hall–Kier alpha value is -4.56. The van der Waals surface area contributed by atoms with Crippen molar-refractivity contribution in [1.29, 1.82) is 0 Å². The number of phenols is 1. The van der Waals surface area contributed by atoms with Crippen LogP contribution in [0.4, 0.5) is 0 Å². The molecule has 2 fully saturated rings. The number of halogens is 1. The van der Waals surface area contributed by atoms with Gasteiger partial charge in [-0.15, -0.1) is 0 Å². The van der Waals surface area contributed by atoms with Crippen LogP contribution in [0.25, 0.3) is 11.0 Å². The van der Waals surface area contributed by atoms with Crippen LogP contribution in [0.5, 0.6) is 11.5 Å². The molecule has 2 amide bonds. The summed E-state index contributed by atoms with van der Waals surface area (Å²) in [6.07, 6.45) is 9.09. The van der Waals surface area contributed by atoms with Gasteiger partial charge in [0, 0.05) is 36.7 Å². The van der Waals surface area contributed by atoms with Crippen molar-refractivity contribution in [2.45, 2.75) is 69.9 Å². The van der Waals surface area contributed by atoms with Crippen LogP contribution in [-0.4, -0.2) is 41.5 Å². The van der Waals surface area contributed by atoms with Crippen molar-refractivity contribution in [3.63, 3.8) is 0 Å². The number of benzene rings is 3. The van der Waals surface area contributed by atoms with Gasteiger partial charge in [0.15, 0.2) is 22.7 Å². The zero-order valence-corrected chi connectivity index (χ0v) is 27.2. The average molecular weight is 655 g/mol. The van der Waals surface area contributed by atoms with Gasteiger partial charge in [0.25, 0.3) is 5.91 Å². The second kappa shape index (κ2) is 14.5. The molecule has 1 aliphatic heterocycles. The highest BCUT2D eigenvalue weighted by molar-refractivity contribution is 6.30. The number of rotatable bonds is 9. The van der Waals surface area contributed by atoms with Gasteiger partial charge in [-0.05, 0) is 85.8 Å². The summed E-state index contributed by atoms with van der Waals surface area (Å²) in [5.41, 5.74) is 4.54. The van der Waals surface area contributed by atoms with Crippen molar-refractivity contribution in [1.82, 2.24) is 10.2 Å². The van der Waals surface area contributed by atoms with Crippen LogP contribution in [-0.2, 0) is 17.8 Å². The van der Waals surface area contributed by atoms with Gasteiger partial charge in [-0.25, -0.2) is 0 Å². The lowest BCUT2D eigenvalue weighted by atomic mass is 9.79. The highest BCUT2D eigenvalue weighted by Gasteiger charge is 2.25. The SMILES string of the molecule is COc1cc2oc(C(=O)N[C@@H](C=C3CCC(c4ccccc4CN4CCCCC4=O)CC3)Cc3ccc(Cl)cc3)cc(=O)c2cc1O. The Morgan fingerprint density at radius 3 is 2.57 bits per heavy atom. The van der Waals surface area contributed by atoms with Gasteiger partial charge >= 0.3 is 0 Å². The Bertz CT molecular complexity index is 1850. The summed E-state index contributed by atoms with van der Waals surface area (Å²) in [4.78, 5) is 40.9. The fourth-order valence-corrected chi connectivity index (χ4v) is 6.90. The Morgan fingerprint density at radius 2 is 1.83 bits per heavy atom. The molecule has 6 rings (SSSR count). The highest BCUT2D eigenvalue weighted by Crippen LogP contribution is 2.38. The summed E-state index contributed by atoms with van der Waals surface area (Å²) < 4.78 is 11.0. The molecular formula is C38H39ClN2O6. The molecule has 244 valence electrons. The van der Waals surface area contributed by atoms with E-state index in [4.69, 9.17) is 20.8 Å². The summed E-state index contributed by atoms with van der Waals surface area (Å²) in [6.45, 7) is 1.49. The molecule has 1 aromatic heterocycles. The molecule has 1 saturated heterocycles. The number of nitrogens with one attached hydrogen (secondary N) is 1. The molecule has 47 heavy (non-hydrogen) atoms. The topological polar surface area (TPSA) is 109 Å². The minimum atomic E-state index is -0.512. The van der Waals surface area contributed by atoms with Crippen molar-refractivity contribution in [2.24, 2.45) is 0 Å². The first-order chi connectivity index (χ1) is 22.8. The number of fused-ring (bicyclic) bond motifs is 1. The van der Waals surface area contributed by atoms with E-state index in [0.717, 1.165) is 56.7 Å². The van der Waals surface area contributed by atoms with E-state index in [0.29, 0.717) is 30.3 Å². The maximum Gasteiger partial charge on any atom is 0.287 e. The molecule has 8 nitrogen and oxygen atoms in total. The van der Waals surface area contributed by atoms with Crippen LogP contribution in [0.15, 0.2) is 87.6 Å². The largest absolute Gasteiger partial charge is 0.504 e. The van der Waals surface area contributed by atoms with Gasteiger partial charge in [-0.1, -0.05) is 59.6 Å². The normalized spacial score (nSPS) is 17.4. The summed E-state index contributed by atoms with van der Waals surface area (Å²) in [6, 6.07) is 19.5. The summed E-state index contributed by atoms with van der Waals surface area (Å²) in [5, 5.41) is 14.0. The van der Waals surface area contributed by atoms with Gasteiger partial charge in [-0.3, -0.25) is 14.4 Å². The van der Waals surface area contributed by atoms with E-state index in [9.17, 15) is 19.5 Å². The van der Waals surface area contributed by atoms with Crippen LogP contribution in [0, 0.1) is 0 Å². The Balaban J connectivity index is 1.20.